The van der Waals surface area contributed by atoms with Gasteiger partial charge in [0, 0.05) is 0 Å². The van der Waals surface area contributed by atoms with Gasteiger partial charge >= 0.3 is 0 Å². The van der Waals surface area contributed by atoms with Gasteiger partial charge in [-0.15, -0.1) is 0 Å². The van der Waals surface area contributed by atoms with Crippen LogP contribution in [0.4, 0.5) is 0 Å². The minimum absolute atomic E-state index is 0.511. The van der Waals surface area contributed by atoms with Gasteiger partial charge in [0.15, 0.2) is 0 Å². The molecule has 0 fully saturated rings. The third-order valence-corrected chi connectivity index (χ3v) is 11.8. The second-order valence-corrected chi connectivity index (χ2v) is 14.7. The van der Waals surface area contributed by atoms with E-state index in [4.69, 9.17) is 0 Å². The van der Waals surface area contributed by atoms with E-state index in [0.29, 0.717) is 11.1 Å². The Morgan fingerprint density at radius 2 is 0.909 bits per heavy atom. The molecule has 0 amide bonds. The largest absolute Gasteiger partial charge is 0.0791 e. The zero-order chi connectivity index (χ0) is 22.4. The SMILES string of the molecule is C[Si](C)(C1C=Cc2c(-c3ccccc3)cccc21)C1C=Cc2c(-c3ccccc3)cccc21. The van der Waals surface area contributed by atoms with Crippen molar-refractivity contribution in [2.75, 3.05) is 0 Å². The Morgan fingerprint density at radius 1 is 0.485 bits per heavy atom. The summed E-state index contributed by atoms with van der Waals surface area (Å²) in [4.78, 5) is 0. The van der Waals surface area contributed by atoms with Crippen LogP contribution in [0.3, 0.4) is 0 Å². The molecule has 0 spiro atoms. The van der Waals surface area contributed by atoms with E-state index in [-0.39, 0.29) is 0 Å². The number of fused-ring (bicyclic) bond motifs is 2. The molecule has 0 nitrogen and oxygen atoms in total. The summed E-state index contributed by atoms with van der Waals surface area (Å²) in [7, 11) is -1.76. The lowest BCUT2D eigenvalue weighted by Gasteiger charge is -2.35. The fourth-order valence-corrected chi connectivity index (χ4v) is 9.58. The third-order valence-electron chi connectivity index (χ3n) is 7.63. The first kappa shape index (κ1) is 20.2. The van der Waals surface area contributed by atoms with Crippen molar-refractivity contribution in [3.8, 4) is 22.3 Å². The molecular weight excluding hydrogens is 412 g/mol. The predicted molar refractivity (Wildman–Crippen MR) is 145 cm³/mol. The summed E-state index contributed by atoms with van der Waals surface area (Å²) >= 11 is 0. The van der Waals surface area contributed by atoms with Gasteiger partial charge in [-0.05, 0) is 55.6 Å². The second kappa shape index (κ2) is 7.86. The summed E-state index contributed by atoms with van der Waals surface area (Å²) in [5.74, 6) is 0. The molecule has 0 radical (unpaired) electrons. The van der Waals surface area contributed by atoms with E-state index < -0.39 is 8.07 Å². The topological polar surface area (TPSA) is 0 Å². The van der Waals surface area contributed by atoms with Gasteiger partial charge in [-0.1, -0.05) is 134 Å². The van der Waals surface area contributed by atoms with Crippen LogP contribution in [0.15, 0.2) is 109 Å². The number of rotatable bonds is 4. The van der Waals surface area contributed by atoms with Crippen LogP contribution in [0.25, 0.3) is 34.4 Å². The first-order valence-corrected chi connectivity index (χ1v) is 15.0. The van der Waals surface area contributed by atoms with E-state index in [1.165, 1.54) is 44.5 Å². The Hall–Kier alpha value is -3.42. The average Bonchev–Trinajstić information content (AvgIpc) is 3.50. The highest BCUT2D eigenvalue weighted by Crippen LogP contribution is 2.49. The molecule has 0 aromatic heterocycles. The van der Waals surface area contributed by atoms with E-state index in [2.05, 4.69) is 134 Å². The van der Waals surface area contributed by atoms with Crippen molar-refractivity contribution in [2.45, 2.75) is 24.2 Å². The maximum atomic E-state index is 2.57. The maximum Gasteiger partial charge on any atom is 0.0715 e. The predicted octanol–water partition coefficient (Wildman–Crippen LogP) is 8.73. The molecule has 2 unspecified atom stereocenters. The standard InChI is InChI=1S/C32H28Si/c1-33(2,31-21-19-27-25(15-9-17-29(27)31)23-11-5-3-6-12-23)32-22-20-28-26(16-10-18-30(28)32)24-13-7-4-8-14-24/h3-22,31-32H,1-2H3. The maximum absolute atomic E-state index is 2.57. The molecule has 33 heavy (non-hydrogen) atoms. The summed E-state index contributed by atoms with van der Waals surface area (Å²) in [6, 6.07) is 35.4. The normalized spacial score (nSPS) is 18.4. The second-order valence-electron chi connectivity index (χ2n) is 9.84. The van der Waals surface area contributed by atoms with E-state index in [0.717, 1.165) is 0 Å². The molecular formula is C32H28Si. The summed E-state index contributed by atoms with van der Waals surface area (Å²) in [6.07, 6.45) is 9.76. The minimum atomic E-state index is -1.76. The molecule has 2 aliphatic rings. The molecule has 0 bridgehead atoms. The summed E-state index contributed by atoms with van der Waals surface area (Å²) in [6.45, 7) is 5.15. The highest BCUT2D eigenvalue weighted by molar-refractivity contribution is 6.81. The van der Waals surface area contributed by atoms with Gasteiger partial charge in [0.05, 0.1) is 8.07 Å². The number of benzene rings is 4. The zero-order valence-corrected chi connectivity index (χ0v) is 20.2. The highest BCUT2D eigenvalue weighted by atomic mass is 28.3. The quantitative estimate of drug-likeness (QED) is 0.278. The average molecular weight is 441 g/mol. The summed E-state index contributed by atoms with van der Waals surface area (Å²) < 4.78 is 0. The first-order chi connectivity index (χ1) is 16.1. The van der Waals surface area contributed by atoms with Gasteiger partial charge in [0.25, 0.3) is 0 Å². The molecule has 160 valence electrons. The molecule has 0 saturated carbocycles. The molecule has 0 N–H and O–H groups in total. The van der Waals surface area contributed by atoms with Crippen molar-refractivity contribution in [3.05, 3.63) is 131 Å². The van der Waals surface area contributed by atoms with E-state index in [9.17, 15) is 0 Å². The van der Waals surface area contributed by atoms with Crippen molar-refractivity contribution in [1.82, 2.24) is 0 Å². The van der Waals surface area contributed by atoms with Crippen LogP contribution in [-0.2, 0) is 0 Å². The molecule has 4 aromatic carbocycles. The van der Waals surface area contributed by atoms with Crippen molar-refractivity contribution < 1.29 is 0 Å². The van der Waals surface area contributed by atoms with Gasteiger partial charge in [-0.25, -0.2) is 0 Å². The molecule has 0 aliphatic heterocycles. The van der Waals surface area contributed by atoms with E-state index in [1.54, 1.807) is 0 Å². The summed E-state index contributed by atoms with van der Waals surface area (Å²) in [5.41, 5.74) is 12.2. The summed E-state index contributed by atoms with van der Waals surface area (Å²) in [5, 5.41) is 0. The fourth-order valence-electron chi connectivity index (χ4n) is 5.90. The molecule has 6 rings (SSSR count). The molecule has 4 aromatic rings. The smallest absolute Gasteiger partial charge is 0.0715 e. The van der Waals surface area contributed by atoms with Crippen LogP contribution in [0.5, 0.6) is 0 Å². The lowest BCUT2D eigenvalue weighted by Crippen LogP contribution is -2.40. The van der Waals surface area contributed by atoms with Gasteiger partial charge in [-0.3, -0.25) is 0 Å². The minimum Gasteiger partial charge on any atom is -0.0791 e. The van der Waals surface area contributed by atoms with Crippen molar-refractivity contribution in [1.29, 1.82) is 0 Å². The number of allylic oxidation sites excluding steroid dienone is 2. The fraction of sp³-hybridized carbons (Fsp3) is 0.125. The third kappa shape index (κ3) is 3.27. The lowest BCUT2D eigenvalue weighted by molar-refractivity contribution is 1.05. The van der Waals surface area contributed by atoms with Crippen LogP contribution in [0.1, 0.15) is 33.3 Å². The Balaban J connectivity index is 1.40. The Kier molecular flexibility index (Phi) is 4.81. The Labute approximate surface area is 198 Å². The lowest BCUT2D eigenvalue weighted by atomic mass is 9.97. The highest BCUT2D eigenvalue weighted by Gasteiger charge is 2.43. The van der Waals surface area contributed by atoms with Gasteiger partial charge in [-0.2, -0.15) is 0 Å². The van der Waals surface area contributed by atoms with E-state index in [1.807, 2.05) is 0 Å². The molecule has 1 heteroatoms. The molecule has 2 aliphatic carbocycles. The van der Waals surface area contributed by atoms with Crippen molar-refractivity contribution in [3.63, 3.8) is 0 Å². The molecule has 2 atom stereocenters. The van der Waals surface area contributed by atoms with Crippen LogP contribution in [0, 0.1) is 0 Å². The van der Waals surface area contributed by atoms with Gasteiger partial charge < -0.3 is 0 Å². The number of hydrogen-bond acceptors (Lipinski definition) is 0. The first-order valence-electron chi connectivity index (χ1n) is 11.9. The number of hydrogen-bond donors (Lipinski definition) is 0. The van der Waals surface area contributed by atoms with E-state index >= 15 is 0 Å². The Bertz CT molecular complexity index is 1270. The van der Waals surface area contributed by atoms with Crippen molar-refractivity contribution >= 4 is 20.2 Å². The molecule has 0 heterocycles. The van der Waals surface area contributed by atoms with Gasteiger partial charge in [0.1, 0.15) is 0 Å². The van der Waals surface area contributed by atoms with Crippen molar-refractivity contribution in [2.24, 2.45) is 0 Å². The monoisotopic (exact) mass is 440 g/mol. The van der Waals surface area contributed by atoms with Crippen LogP contribution in [0.2, 0.25) is 13.1 Å². The Morgan fingerprint density at radius 3 is 1.33 bits per heavy atom. The van der Waals surface area contributed by atoms with Crippen LogP contribution >= 0.6 is 0 Å². The van der Waals surface area contributed by atoms with Crippen LogP contribution in [-0.4, -0.2) is 8.07 Å². The zero-order valence-electron chi connectivity index (χ0n) is 19.2. The van der Waals surface area contributed by atoms with Gasteiger partial charge in [0.2, 0.25) is 0 Å². The molecule has 0 saturated heterocycles. The van der Waals surface area contributed by atoms with Crippen LogP contribution < -0.4 is 0 Å².